The molecule has 1 aromatic heterocycles. The van der Waals surface area contributed by atoms with E-state index < -0.39 is 0 Å². The molecule has 72 valence electrons. The van der Waals surface area contributed by atoms with Crippen LogP contribution < -0.4 is 5.32 Å². The molecule has 2 N–H and O–H groups in total. The van der Waals surface area contributed by atoms with Gasteiger partial charge >= 0.3 is 5.97 Å². The molecule has 0 aliphatic rings. The third-order valence-electron chi connectivity index (χ3n) is 1.79. The number of nitrogens with one attached hydrogen (secondary N) is 2. The first-order chi connectivity index (χ1) is 6.27. The lowest BCUT2D eigenvalue weighted by Gasteiger charge is -2.11. The Labute approximate surface area is 76.5 Å². The van der Waals surface area contributed by atoms with Crippen LogP contribution in [-0.4, -0.2) is 36.1 Å². The van der Waals surface area contributed by atoms with Gasteiger partial charge in [-0.2, -0.15) is 0 Å². The van der Waals surface area contributed by atoms with E-state index in [1.807, 2.05) is 0 Å². The molecular weight excluding hydrogens is 170 g/mol. The van der Waals surface area contributed by atoms with Crippen LogP contribution in [0.15, 0.2) is 12.4 Å². The molecule has 0 fully saturated rings. The van der Waals surface area contributed by atoms with Crippen LogP contribution in [0, 0.1) is 0 Å². The van der Waals surface area contributed by atoms with Crippen molar-refractivity contribution in [1.82, 2.24) is 15.3 Å². The van der Waals surface area contributed by atoms with Crippen LogP contribution in [0.3, 0.4) is 0 Å². The molecule has 0 aliphatic heterocycles. The van der Waals surface area contributed by atoms with Crippen molar-refractivity contribution >= 4 is 5.97 Å². The van der Waals surface area contributed by atoms with Crippen LogP contribution in [0.4, 0.5) is 0 Å². The number of likely N-dealkylation sites (N-methyl/N-ethyl adjacent to an activating group) is 1. The molecular formula is C8H13N3O2. The molecule has 0 saturated carbocycles. The molecule has 13 heavy (non-hydrogen) atoms. The molecule has 0 saturated heterocycles. The summed E-state index contributed by atoms with van der Waals surface area (Å²) in [4.78, 5) is 18.1. The summed E-state index contributed by atoms with van der Waals surface area (Å²) in [5.74, 6) is 0.489. The average molecular weight is 183 g/mol. The molecule has 0 unspecified atom stereocenters. The molecule has 5 heteroatoms. The molecule has 0 amide bonds. The van der Waals surface area contributed by atoms with E-state index in [0.717, 1.165) is 5.82 Å². The second-order valence-corrected chi connectivity index (χ2v) is 2.60. The molecule has 0 aliphatic carbocycles. The van der Waals surface area contributed by atoms with Gasteiger partial charge in [0.05, 0.1) is 7.11 Å². The van der Waals surface area contributed by atoms with E-state index in [4.69, 9.17) is 0 Å². The van der Waals surface area contributed by atoms with Crippen LogP contribution in [0.5, 0.6) is 0 Å². The quantitative estimate of drug-likeness (QED) is 0.630. The van der Waals surface area contributed by atoms with Gasteiger partial charge in [0.25, 0.3) is 0 Å². The number of carbonyl (C=O) groups is 1. The van der Waals surface area contributed by atoms with Crippen LogP contribution in [0.25, 0.3) is 0 Å². The van der Waals surface area contributed by atoms with Crippen LogP contribution >= 0.6 is 0 Å². The van der Waals surface area contributed by atoms with Gasteiger partial charge in [-0.15, -0.1) is 0 Å². The van der Waals surface area contributed by atoms with Crippen molar-refractivity contribution < 1.29 is 9.53 Å². The van der Waals surface area contributed by atoms with Gasteiger partial charge in [-0.05, 0) is 7.05 Å². The van der Waals surface area contributed by atoms with Crippen molar-refractivity contribution in [2.24, 2.45) is 0 Å². The van der Waals surface area contributed by atoms with Gasteiger partial charge in [-0.1, -0.05) is 0 Å². The maximum atomic E-state index is 11.1. The average Bonchev–Trinajstić information content (AvgIpc) is 2.65. The smallest absolute Gasteiger partial charge is 0.323 e. The van der Waals surface area contributed by atoms with E-state index in [2.05, 4.69) is 20.0 Å². The molecule has 1 rings (SSSR count). The van der Waals surface area contributed by atoms with E-state index in [1.54, 1.807) is 19.4 Å². The Morgan fingerprint density at radius 2 is 2.62 bits per heavy atom. The molecule has 0 bridgehead atoms. The largest absolute Gasteiger partial charge is 0.468 e. The Morgan fingerprint density at radius 1 is 1.85 bits per heavy atom. The number of methoxy groups -OCH3 is 1. The van der Waals surface area contributed by atoms with Gasteiger partial charge in [0.15, 0.2) is 0 Å². The van der Waals surface area contributed by atoms with Gasteiger partial charge in [-0.3, -0.25) is 4.79 Å². The monoisotopic (exact) mass is 183 g/mol. The van der Waals surface area contributed by atoms with Crippen molar-refractivity contribution in [3.05, 3.63) is 18.2 Å². The summed E-state index contributed by atoms with van der Waals surface area (Å²) in [7, 11) is 3.08. The van der Waals surface area contributed by atoms with Crippen molar-refractivity contribution in [1.29, 1.82) is 0 Å². The van der Waals surface area contributed by atoms with Crippen LogP contribution in [-0.2, 0) is 16.0 Å². The van der Waals surface area contributed by atoms with E-state index in [9.17, 15) is 4.79 Å². The van der Waals surface area contributed by atoms with Gasteiger partial charge in [-0.25, -0.2) is 4.98 Å². The lowest BCUT2D eigenvalue weighted by molar-refractivity contribution is -0.142. The van der Waals surface area contributed by atoms with Crippen molar-refractivity contribution in [2.75, 3.05) is 14.2 Å². The van der Waals surface area contributed by atoms with Crippen molar-refractivity contribution in [3.63, 3.8) is 0 Å². The Morgan fingerprint density at radius 3 is 3.08 bits per heavy atom. The summed E-state index contributed by atoms with van der Waals surface area (Å²) >= 11 is 0. The highest BCUT2D eigenvalue weighted by Gasteiger charge is 2.17. The van der Waals surface area contributed by atoms with Gasteiger partial charge in [0.2, 0.25) is 0 Å². The number of H-pyrrole nitrogens is 1. The van der Waals surface area contributed by atoms with Crippen molar-refractivity contribution in [3.8, 4) is 0 Å². The highest BCUT2D eigenvalue weighted by Crippen LogP contribution is 1.97. The standard InChI is InChI=1S/C8H13N3O2/c1-9-6(8(12)13-2)5-7-10-3-4-11-7/h3-4,6,9H,5H2,1-2H3,(H,10,11)/t6-/m0/s1. The summed E-state index contributed by atoms with van der Waals surface area (Å²) < 4.78 is 4.61. The summed E-state index contributed by atoms with van der Waals surface area (Å²) in [5.41, 5.74) is 0. The number of ether oxygens (including phenoxy) is 1. The topological polar surface area (TPSA) is 67.0 Å². The molecule has 1 atom stereocenters. The summed E-state index contributed by atoms with van der Waals surface area (Å²) in [6.07, 6.45) is 3.88. The maximum absolute atomic E-state index is 11.1. The molecule has 0 aromatic carbocycles. The predicted molar refractivity (Wildman–Crippen MR) is 47.2 cm³/mol. The summed E-state index contributed by atoms with van der Waals surface area (Å²) in [6.45, 7) is 0. The summed E-state index contributed by atoms with van der Waals surface area (Å²) in [6, 6.07) is -0.337. The lowest BCUT2D eigenvalue weighted by Crippen LogP contribution is -2.37. The highest BCUT2D eigenvalue weighted by atomic mass is 16.5. The number of nitrogens with zero attached hydrogens (tertiary/aromatic N) is 1. The second kappa shape index (κ2) is 4.61. The second-order valence-electron chi connectivity index (χ2n) is 2.60. The first-order valence-corrected chi connectivity index (χ1v) is 4.01. The summed E-state index contributed by atoms with van der Waals surface area (Å²) in [5, 5.41) is 2.86. The predicted octanol–water partition coefficient (Wildman–Crippen LogP) is -0.287. The number of aromatic amines is 1. The minimum Gasteiger partial charge on any atom is -0.468 e. The van der Waals surface area contributed by atoms with E-state index in [0.29, 0.717) is 6.42 Å². The third-order valence-corrected chi connectivity index (χ3v) is 1.79. The van der Waals surface area contributed by atoms with E-state index >= 15 is 0 Å². The number of imidazole rings is 1. The Hall–Kier alpha value is -1.36. The first-order valence-electron chi connectivity index (χ1n) is 4.01. The highest BCUT2D eigenvalue weighted by molar-refractivity contribution is 5.75. The number of carbonyl (C=O) groups excluding carboxylic acids is 1. The molecule has 1 aromatic rings. The number of hydrogen-bond donors (Lipinski definition) is 2. The van der Waals surface area contributed by atoms with Gasteiger partial charge in [0, 0.05) is 18.8 Å². The Balaban J connectivity index is 2.54. The third kappa shape index (κ3) is 2.55. The van der Waals surface area contributed by atoms with E-state index in [-0.39, 0.29) is 12.0 Å². The fourth-order valence-corrected chi connectivity index (χ4v) is 1.05. The minimum absolute atomic E-state index is 0.279. The zero-order valence-corrected chi connectivity index (χ0v) is 7.70. The number of aromatic nitrogens is 2. The number of esters is 1. The minimum atomic E-state index is -0.337. The lowest BCUT2D eigenvalue weighted by atomic mass is 10.2. The Bertz CT molecular complexity index is 258. The van der Waals surface area contributed by atoms with Crippen molar-refractivity contribution in [2.45, 2.75) is 12.5 Å². The molecule has 0 spiro atoms. The fourth-order valence-electron chi connectivity index (χ4n) is 1.05. The molecule has 5 nitrogen and oxygen atoms in total. The SMILES string of the molecule is CN[C@@H](Cc1ncc[nH]1)C(=O)OC. The maximum Gasteiger partial charge on any atom is 0.323 e. The number of rotatable bonds is 4. The first kappa shape index (κ1) is 9.73. The van der Waals surface area contributed by atoms with Gasteiger partial charge < -0.3 is 15.0 Å². The van der Waals surface area contributed by atoms with Crippen LogP contribution in [0.2, 0.25) is 0 Å². The van der Waals surface area contributed by atoms with Crippen LogP contribution in [0.1, 0.15) is 5.82 Å². The zero-order valence-electron chi connectivity index (χ0n) is 7.70. The fraction of sp³-hybridized carbons (Fsp3) is 0.500. The Kier molecular flexibility index (Phi) is 3.45. The molecule has 1 heterocycles. The normalized spacial score (nSPS) is 12.5. The molecule has 0 radical (unpaired) electrons. The number of hydrogen-bond acceptors (Lipinski definition) is 4. The van der Waals surface area contributed by atoms with Gasteiger partial charge in [0.1, 0.15) is 11.9 Å². The van der Waals surface area contributed by atoms with E-state index in [1.165, 1.54) is 7.11 Å². The zero-order chi connectivity index (χ0) is 9.68.